The van der Waals surface area contributed by atoms with Crippen LogP contribution < -0.4 is 16.2 Å². The number of carboxylic acids is 1. The van der Waals surface area contributed by atoms with E-state index in [-0.39, 0.29) is 23.7 Å². The van der Waals surface area contributed by atoms with Crippen molar-refractivity contribution < 1.29 is 23.9 Å². The first-order chi connectivity index (χ1) is 20.3. The van der Waals surface area contributed by atoms with Gasteiger partial charge in [0, 0.05) is 37.2 Å². The van der Waals surface area contributed by atoms with E-state index in [1.54, 1.807) is 38.4 Å². The third-order valence-electron chi connectivity index (χ3n) is 7.02. The van der Waals surface area contributed by atoms with Crippen molar-refractivity contribution in [1.29, 1.82) is 0 Å². The minimum Gasteiger partial charge on any atom is -0.481 e. The van der Waals surface area contributed by atoms with Gasteiger partial charge >= 0.3 is 5.97 Å². The maximum Gasteiger partial charge on any atom is 0.305 e. The molecule has 3 rings (SSSR count). The first-order valence-electron chi connectivity index (χ1n) is 14.2. The van der Waals surface area contributed by atoms with E-state index in [0.29, 0.717) is 35.3 Å². The number of carboxylic acid groups (broad SMARTS) is 1. The van der Waals surface area contributed by atoms with Gasteiger partial charge in [-0.15, -0.1) is 0 Å². The number of hydrogen-bond acceptors (Lipinski definition) is 6. The summed E-state index contributed by atoms with van der Waals surface area (Å²) in [5.41, 5.74) is 2.68. The largest absolute Gasteiger partial charge is 0.481 e. The van der Waals surface area contributed by atoms with E-state index in [0.717, 1.165) is 5.56 Å². The molecule has 0 unspecified atom stereocenters. The van der Waals surface area contributed by atoms with Gasteiger partial charge in [-0.3, -0.25) is 24.2 Å². The Hall–Kier alpha value is -4.38. The highest BCUT2D eigenvalue weighted by atomic mass is 19.1. The Labute approximate surface area is 250 Å². The predicted molar refractivity (Wildman–Crippen MR) is 162 cm³/mol. The van der Waals surface area contributed by atoms with Crippen LogP contribution in [0, 0.1) is 25.6 Å². The number of hydrogen-bond donors (Lipinski definition) is 3. The van der Waals surface area contributed by atoms with Crippen LogP contribution in [-0.4, -0.2) is 64.0 Å². The summed E-state index contributed by atoms with van der Waals surface area (Å²) in [6.45, 7) is 8.32. The van der Waals surface area contributed by atoms with Gasteiger partial charge in [0.2, 0.25) is 5.91 Å². The number of benzene rings is 1. The average molecular weight is 594 g/mol. The number of amides is 2. The number of carbonyl (C=O) groups is 3. The molecule has 0 fully saturated rings. The van der Waals surface area contributed by atoms with Crippen LogP contribution in [0.2, 0.25) is 0 Å². The summed E-state index contributed by atoms with van der Waals surface area (Å²) in [6.07, 6.45) is 4.50. The number of aromatic nitrogens is 2. The normalized spacial score (nSPS) is 12.7. The average Bonchev–Trinajstić information content (AvgIpc) is 2.90. The molecule has 10 nitrogen and oxygen atoms in total. The second-order valence-electron chi connectivity index (χ2n) is 11.5. The lowest BCUT2D eigenvalue weighted by Crippen LogP contribution is -2.49. The first kappa shape index (κ1) is 33.1. The predicted octanol–water partition coefficient (Wildman–Crippen LogP) is 3.70. The molecule has 43 heavy (non-hydrogen) atoms. The van der Waals surface area contributed by atoms with Crippen LogP contribution in [0.15, 0.2) is 53.7 Å². The summed E-state index contributed by atoms with van der Waals surface area (Å²) >= 11 is 0. The molecule has 11 heteroatoms. The van der Waals surface area contributed by atoms with Crippen LogP contribution in [0.25, 0.3) is 11.1 Å². The highest BCUT2D eigenvalue weighted by Crippen LogP contribution is 2.30. The van der Waals surface area contributed by atoms with Crippen molar-refractivity contribution >= 4 is 17.8 Å². The molecule has 0 aliphatic heterocycles. The van der Waals surface area contributed by atoms with Gasteiger partial charge in [-0.1, -0.05) is 13.8 Å². The lowest BCUT2D eigenvalue weighted by Gasteiger charge is -2.24. The molecule has 1 aromatic carbocycles. The van der Waals surface area contributed by atoms with Crippen molar-refractivity contribution in [3.8, 4) is 11.1 Å². The van der Waals surface area contributed by atoms with Gasteiger partial charge in [-0.25, -0.2) is 4.39 Å². The molecule has 0 saturated carbocycles. The summed E-state index contributed by atoms with van der Waals surface area (Å²) in [6, 6.07) is 5.57. The molecule has 2 aromatic heterocycles. The Morgan fingerprint density at radius 1 is 1.07 bits per heavy atom. The number of carbonyl (C=O) groups excluding carboxylic acids is 2. The fourth-order valence-corrected chi connectivity index (χ4v) is 4.98. The van der Waals surface area contributed by atoms with E-state index >= 15 is 0 Å². The van der Waals surface area contributed by atoms with E-state index < -0.39 is 41.8 Å². The molecular formula is C32H40FN5O5. The van der Waals surface area contributed by atoms with Crippen LogP contribution in [0.3, 0.4) is 0 Å². The fourth-order valence-electron chi connectivity index (χ4n) is 4.98. The molecule has 0 bridgehead atoms. The quantitative estimate of drug-likeness (QED) is 0.275. The molecule has 2 amide bonds. The Kier molecular flexibility index (Phi) is 11.3. The molecule has 2 heterocycles. The molecule has 3 N–H and O–H groups in total. The lowest BCUT2D eigenvalue weighted by atomic mass is 9.94. The van der Waals surface area contributed by atoms with Crippen molar-refractivity contribution in [3.05, 3.63) is 87.3 Å². The van der Waals surface area contributed by atoms with E-state index in [2.05, 4.69) is 15.6 Å². The Balaban J connectivity index is 1.89. The van der Waals surface area contributed by atoms with Crippen LogP contribution in [0.5, 0.6) is 0 Å². The molecule has 0 radical (unpaired) electrons. The van der Waals surface area contributed by atoms with Gasteiger partial charge < -0.3 is 25.2 Å². The second kappa shape index (κ2) is 14.7. The summed E-state index contributed by atoms with van der Waals surface area (Å²) in [7, 11) is 3.76. The third-order valence-corrected chi connectivity index (χ3v) is 7.02. The maximum atomic E-state index is 13.9. The molecule has 0 aliphatic rings. The van der Waals surface area contributed by atoms with Gasteiger partial charge in [-0.05, 0) is 92.9 Å². The highest BCUT2D eigenvalue weighted by Gasteiger charge is 2.28. The molecule has 2 atom stereocenters. The minimum atomic E-state index is -1.14. The van der Waals surface area contributed by atoms with Gasteiger partial charge in [0.05, 0.1) is 12.5 Å². The number of pyridine rings is 2. The van der Waals surface area contributed by atoms with Gasteiger partial charge in [0.25, 0.3) is 11.5 Å². The van der Waals surface area contributed by atoms with Gasteiger partial charge in [0.1, 0.15) is 17.4 Å². The number of nitrogens with zero attached hydrogens (tertiary/aromatic N) is 3. The molecule has 0 aliphatic carbocycles. The van der Waals surface area contributed by atoms with Crippen LogP contribution >= 0.6 is 0 Å². The van der Waals surface area contributed by atoms with E-state index in [1.807, 2.05) is 32.8 Å². The smallest absolute Gasteiger partial charge is 0.305 e. The standard InChI is InChI=1S/C32H40FN5O5/c1-19(2)12-27(36-30(41)25-8-7-9-38(32(25)43)11-10-37(5)6)31(42)35-26(16-28(39)40)22-15-23(18-34-17-22)29-20(3)13-24(33)14-21(29)4/h7-9,13-15,17-19,26-27H,10-12,16H2,1-6H3,(H,35,42)(H,36,41)(H,39,40)/t26-,27-/m0/s1. The summed E-state index contributed by atoms with van der Waals surface area (Å²) in [5.74, 6) is -2.78. The summed E-state index contributed by atoms with van der Waals surface area (Å²) in [5, 5.41) is 15.1. The zero-order valence-electron chi connectivity index (χ0n) is 25.5. The monoisotopic (exact) mass is 593 g/mol. The SMILES string of the molecule is Cc1cc(F)cc(C)c1-c1cncc([C@H](CC(=O)O)NC(=O)[C@H](CC(C)C)NC(=O)c2cccn(CCN(C)C)c2=O)c1. The molecule has 0 saturated heterocycles. The van der Waals surface area contributed by atoms with Crippen molar-refractivity contribution in [2.45, 2.75) is 59.2 Å². The number of nitrogens with one attached hydrogen (secondary N) is 2. The van der Waals surface area contributed by atoms with Crippen LogP contribution in [0.1, 0.15) is 59.8 Å². The zero-order chi connectivity index (χ0) is 31.8. The van der Waals surface area contributed by atoms with Crippen molar-refractivity contribution in [2.24, 2.45) is 5.92 Å². The van der Waals surface area contributed by atoms with Crippen molar-refractivity contribution in [1.82, 2.24) is 25.1 Å². The number of aryl methyl sites for hydroxylation is 2. The Morgan fingerprint density at radius 3 is 2.35 bits per heavy atom. The molecule has 3 aromatic rings. The Morgan fingerprint density at radius 2 is 1.74 bits per heavy atom. The number of aliphatic carboxylic acids is 1. The Bertz CT molecular complexity index is 1510. The van der Waals surface area contributed by atoms with Crippen molar-refractivity contribution in [2.75, 3.05) is 20.6 Å². The van der Waals surface area contributed by atoms with Crippen LogP contribution in [-0.2, 0) is 16.1 Å². The van der Waals surface area contributed by atoms with E-state index in [4.69, 9.17) is 0 Å². The molecule has 0 spiro atoms. The zero-order valence-corrected chi connectivity index (χ0v) is 25.5. The van der Waals surface area contributed by atoms with Gasteiger partial charge in [0.15, 0.2) is 0 Å². The van der Waals surface area contributed by atoms with Gasteiger partial charge in [-0.2, -0.15) is 0 Å². The summed E-state index contributed by atoms with van der Waals surface area (Å²) < 4.78 is 15.4. The highest BCUT2D eigenvalue weighted by molar-refractivity contribution is 5.97. The number of likely N-dealkylation sites (N-methyl/N-ethyl adjacent to an activating group) is 1. The number of rotatable bonds is 13. The third kappa shape index (κ3) is 9.05. The second-order valence-corrected chi connectivity index (χ2v) is 11.5. The minimum absolute atomic E-state index is 0.00378. The van der Waals surface area contributed by atoms with E-state index in [1.165, 1.54) is 29.0 Å². The van der Waals surface area contributed by atoms with Crippen molar-refractivity contribution in [3.63, 3.8) is 0 Å². The summed E-state index contributed by atoms with van der Waals surface area (Å²) in [4.78, 5) is 57.8. The lowest BCUT2D eigenvalue weighted by molar-refractivity contribution is -0.137. The molecule has 230 valence electrons. The fraction of sp³-hybridized carbons (Fsp3) is 0.406. The van der Waals surface area contributed by atoms with E-state index in [9.17, 15) is 28.7 Å². The number of halogens is 1. The molecular weight excluding hydrogens is 553 g/mol. The first-order valence-corrected chi connectivity index (χ1v) is 14.2. The topological polar surface area (TPSA) is 134 Å². The maximum absolute atomic E-state index is 13.9. The van der Waals surface area contributed by atoms with Crippen LogP contribution in [0.4, 0.5) is 4.39 Å².